The van der Waals surface area contributed by atoms with Crippen LogP contribution in [0.25, 0.3) is 11.1 Å². The van der Waals surface area contributed by atoms with Gasteiger partial charge in [0, 0.05) is 48.7 Å². The van der Waals surface area contributed by atoms with Gasteiger partial charge in [-0.2, -0.15) is 4.98 Å². The number of hydrogen-bond donors (Lipinski definition) is 3. The SMILES string of the molecule is CCOC(=O)N=S(C)(=O)c1cccc(Nc2ncc(-c3ccc(NC)c(F)c3)c(NCCN(C)C)n2)c1. The van der Waals surface area contributed by atoms with Gasteiger partial charge >= 0.3 is 6.09 Å². The molecule has 0 bridgehead atoms. The minimum absolute atomic E-state index is 0.143. The Hall–Kier alpha value is -3.77. The van der Waals surface area contributed by atoms with Crippen LogP contribution in [0.5, 0.6) is 0 Å². The third-order valence-electron chi connectivity index (χ3n) is 5.23. The third-order valence-corrected chi connectivity index (χ3v) is 6.86. The molecular formula is C25H32FN7O3S. The largest absolute Gasteiger partial charge is 0.448 e. The number of amides is 1. The molecule has 3 N–H and O–H groups in total. The van der Waals surface area contributed by atoms with Crippen LogP contribution in [0.4, 0.5) is 32.3 Å². The van der Waals surface area contributed by atoms with Crippen LogP contribution < -0.4 is 16.0 Å². The lowest BCUT2D eigenvalue weighted by molar-refractivity contribution is 0.164. The minimum Gasteiger partial charge on any atom is -0.448 e. The molecule has 1 atom stereocenters. The van der Waals surface area contributed by atoms with Crippen LogP contribution in [-0.4, -0.2) is 72.3 Å². The van der Waals surface area contributed by atoms with Crippen LogP contribution >= 0.6 is 0 Å². The predicted octanol–water partition coefficient (Wildman–Crippen LogP) is 4.65. The number of hydrogen-bond acceptors (Lipinski definition) is 9. The number of ether oxygens (including phenoxy) is 1. The molecule has 0 aliphatic rings. The molecule has 3 aromatic rings. The van der Waals surface area contributed by atoms with Crippen molar-refractivity contribution in [3.8, 4) is 11.1 Å². The quantitative estimate of drug-likeness (QED) is 0.344. The van der Waals surface area contributed by atoms with Gasteiger partial charge < -0.3 is 25.6 Å². The second-order valence-electron chi connectivity index (χ2n) is 8.38. The maximum Gasteiger partial charge on any atom is 0.442 e. The molecule has 0 aliphatic carbocycles. The second-order valence-corrected chi connectivity index (χ2v) is 10.6. The van der Waals surface area contributed by atoms with E-state index < -0.39 is 15.8 Å². The number of benzene rings is 2. The summed E-state index contributed by atoms with van der Waals surface area (Å²) in [6.07, 6.45) is 2.11. The van der Waals surface area contributed by atoms with E-state index in [4.69, 9.17) is 4.74 Å². The number of aromatic nitrogens is 2. The summed E-state index contributed by atoms with van der Waals surface area (Å²) in [7, 11) is 2.58. The summed E-state index contributed by atoms with van der Waals surface area (Å²) >= 11 is 0. The van der Waals surface area contributed by atoms with E-state index in [-0.39, 0.29) is 18.4 Å². The first-order chi connectivity index (χ1) is 17.6. The van der Waals surface area contributed by atoms with E-state index in [1.54, 1.807) is 56.6 Å². The van der Waals surface area contributed by atoms with Gasteiger partial charge in [-0.1, -0.05) is 12.1 Å². The van der Waals surface area contributed by atoms with Crippen LogP contribution in [0.2, 0.25) is 0 Å². The van der Waals surface area contributed by atoms with E-state index in [0.717, 1.165) is 6.54 Å². The fraction of sp³-hybridized carbons (Fsp3) is 0.320. The van der Waals surface area contributed by atoms with Crippen molar-refractivity contribution in [2.24, 2.45) is 4.36 Å². The van der Waals surface area contributed by atoms with Gasteiger partial charge in [-0.25, -0.2) is 18.4 Å². The standard InChI is InChI=1S/C25H32FN7O3S/c1-6-36-25(34)32-37(5,35)19-9-7-8-18(15-19)30-24-29-16-20(23(31-24)28-12-13-33(3)4)17-10-11-22(27-2)21(26)14-17/h7-11,14-16,27H,6,12-13H2,1-5H3,(H2,28,29,30,31). The molecule has 0 spiro atoms. The van der Waals surface area contributed by atoms with Gasteiger partial charge in [0.15, 0.2) is 0 Å². The van der Waals surface area contributed by atoms with E-state index in [9.17, 15) is 13.4 Å². The van der Waals surface area contributed by atoms with Gasteiger partial charge in [0.05, 0.1) is 22.0 Å². The molecule has 0 fully saturated rings. The summed E-state index contributed by atoms with van der Waals surface area (Å²) in [5.74, 6) is 0.434. The van der Waals surface area contributed by atoms with Crippen molar-refractivity contribution in [2.75, 3.05) is 63.0 Å². The lowest BCUT2D eigenvalue weighted by Crippen LogP contribution is -2.21. The molecule has 198 valence electrons. The molecule has 0 saturated carbocycles. The molecule has 1 heterocycles. The number of carbonyl (C=O) groups excluding carboxylic acids is 1. The Morgan fingerprint density at radius 3 is 2.68 bits per heavy atom. The first-order valence-electron chi connectivity index (χ1n) is 11.6. The lowest BCUT2D eigenvalue weighted by atomic mass is 10.1. The highest BCUT2D eigenvalue weighted by molar-refractivity contribution is 7.93. The van der Waals surface area contributed by atoms with Gasteiger partial charge in [-0.05, 0) is 56.9 Å². The third kappa shape index (κ3) is 7.61. The Balaban J connectivity index is 1.93. The summed E-state index contributed by atoms with van der Waals surface area (Å²) in [6, 6.07) is 11.6. The fourth-order valence-corrected chi connectivity index (χ4v) is 4.47. The molecule has 10 nitrogen and oxygen atoms in total. The number of carbonyl (C=O) groups is 1. The van der Waals surface area contributed by atoms with Crippen molar-refractivity contribution in [1.29, 1.82) is 0 Å². The molecule has 0 radical (unpaired) electrons. The summed E-state index contributed by atoms with van der Waals surface area (Å²) in [5.41, 5.74) is 2.22. The molecule has 1 aromatic heterocycles. The van der Waals surface area contributed by atoms with Gasteiger partial charge in [-0.3, -0.25) is 0 Å². The zero-order valence-corrected chi connectivity index (χ0v) is 22.4. The lowest BCUT2D eigenvalue weighted by Gasteiger charge is -2.16. The topological polar surface area (TPSA) is 121 Å². The zero-order chi connectivity index (χ0) is 27.0. The average molecular weight is 530 g/mol. The second kappa shape index (κ2) is 12.5. The molecule has 3 rings (SSSR count). The van der Waals surface area contributed by atoms with Crippen molar-refractivity contribution in [3.63, 3.8) is 0 Å². The Bertz CT molecular complexity index is 1370. The molecule has 0 aliphatic heterocycles. The molecular weight excluding hydrogens is 497 g/mol. The van der Waals surface area contributed by atoms with Crippen molar-refractivity contribution >= 4 is 39.0 Å². The van der Waals surface area contributed by atoms with Gasteiger partial charge in [-0.15, -0.1) is 4.36 Å². The van der Waals surface area contributed by atoms with Crippen molar-refractivity contribution in [1.82, 2.24) is 14.9 Å². The number of nitrogens with zero attached hydrogens (tertiary/aromatic N) is 4. The highest BCUT2D eigenvalue weighted by atomic mass is 32.2. The summed E-state index contributed by atoms with van der Waals surface area (Å²) in [4.78, 5) is 23.2. The first-order valence-corrected chi connectivity index (χ1v) is 13.5. The van der Waals surface area contributed by atoms with E-state index >= 15 is 0 Å². The average Bonchev–Trinajstić information content (AvgIpc) is 2.84. The minimum atomic E-state index is -3.02. The summed E-state index contributed by atoms with van der Waals surface area (Å²) < 4.78 is 35.9. The highest BCUT2D eigenvalue weighted by Gasteiger charge is 2.14. The normalized spacial score (nSPS) is 12.5. The van der Waals surface area contributed by atoms with E-state index in [1.165, 1.54) is 12.3 Å². The van der Waals surface area contributed by atoms with Crippen LogP contribution in [0.3, 0.4) is 0 Å². The molecule has 1 amide bonds. The van der Waals surface area contributed by atoms with Crippen LogP contribution in [-0.2, 0) is 14.5 Å². The van der Waals surface area contributed by atoms with Crippen LogP contribution in [0.15, 0.2) is 57.9 Å². The van der Waals surface area contributed by atoms with Gasteiger partial charge in [0.25, 0.3) is 0 Å². The van der Waals surface area contributed by atoms with Crippen molar-refractivity contribution < 1.29 is 18.1 Å². The first kappa shape index (κ1) is 27.8. The molecule has 2 aromatic carbocycles. The zero-order valence-electron chi connectivity index (χ0n) is 21.5. The Morgan fingerprint density at radius 1 is 1.22 bits per heavy atom. The Morgan fingerprint density at radius 2 is 2.00 bits per heavy atom. The van der Waals surface area contributed by atoms with E-state index in [2.05, 4.69) is 30.3 Å². The van der Waals surface area contributed by atoms with E-state index in [1.807, 2.05) is 19.0 Å². The Kier molecular flexibility index (Phi) is 9.36. The number of halogens is 1. The molecule has 1 unspecified atom stereocenters. The van der Waals surface area contributed by atoms with Crippen molar-refractivity contribution in [3.05, 3.63) is 54.5 Å². The number of rotatable bonds is 10. The summed E-state index contributed by atoms with van der Waals surface area (Å²) in [6.45, 7) is 3.16. The van der Waals surface area contributed by atoms with Crippen molar-refractivity contribution in [2.45, 2.75) is 11.8 Å². The molecule has 12 heteroatoms. The number of nitrogens with one attached hydrogen (secondary N) is 3. The molecule has 0 saturated heterocycles. The number of anilines is 4. The van der Waals surface area contributed by atoms with Crippen LogP contribution in [0, 0.1) is 5.82 Å². The molecule has 37 heavy (non-hydrogen) atoms. The van der Waals surface area contributed by atoms with Crippen LogP contribution in [0.1, 0.15) is 6.92 Å². The maximum atomic E-state index is 14.4. The Labute approximate surface area is 216 Å². The van der Waals surface area contributed by atoms with E-state index in [0.29, 0.717) is 39.8 Å². The maximum absolute atomic E-state index is 14.4. The van der Waals surface area contributed by atoms with Gasteiger partial charge in [0.1, 0.15) is 11.6 Å². The monoisotopic (exact) mass is 529 g/mol. The highest BCUT2D eigenvalue weighted by Crippen LogP contribution is 2.30. The fourth-order valence-electron chi connectivity index (χ4n) is 3.35. The summed E-state index contributed by atoms with van der Waals surface area (Å²) in [5, 5.41) is 9.22. The predicted molar refractivity (Wildman–Crippen MR) is 146 cm³/mol. The number of likely N-dealkylation sites (N-methyl/N-ethyl adjacent to an activating group) is 1. The van der Waals surface area contributed by atoms with Gasteiger partial charge in [0.2, 0.25) is 5.95 Å². The smallest absolute Gasteiger partial charge is 0.442 e.